The van der Waals surface area contributed by atoms with Gasteiger partial charge in [0.1, 0.15) is 23.4 Å². The van der Waals surface area contributed by atoms with Crippen molar-refractivity contribution in [2.45, 2.75) is 23.5 Å². The highest BCUT2D eigenvalue weighted by molar-refractivity contribution is 5.88. The fourth-order valence-corrected chi connectivity index (χ4v) is 6.41. The zero-order valence-electron chi connectivity index (χ0n) is 23.0. The first-order chi connectivity index (χ1) is 20.3. The van der Waals surface area contributed by atoms with Crippen LogP contribution in [0.5, 0.6) is 28.7 Å². The van der Waals surface area contributed by atoms with E-state index in [1.807, 2.05) is 30.3 Å². The molecule has 2 N–H and O–H groups in total. The third-order valence-electron chi connectivity index (χ3n) is 8.15. The number of nitrogens with zero attached hydrogens (tertiary/aromatic N) is 2. The molecule has 0 spiro atoms. The molecular weight excluding hydrogens is 544 g/mol. The normalized spacial score (nSPS) is 23.8. The van der Waals surface area contributed by atoms with Crippen molar-refractivity contribution in [1.82, 2.24) is 9.55 Å². The molecule has 1 aliphatic carbocycles. The summed E-state index contributed by atoms with van der Waals surface area (Å²) >= 11 is 0. The smallest absolute Gasteiger partial charge is 0.427 e. The number of aromatic nitrogens is 2. The average Bonchev–Trinajstić information content (AvgIpc) is 3.70. The maximum absolute atomic E-state index is 13.9. The van der Waals surface area contributed by atoms with Crippen LogP contribution in [0.1, 0.15) is 29.0 Å². The van der Waals surface area contributed by atoms with Crippen molar-refractivity contribution in [3.63, 3.8) is 0 Å². The van der Waals surface area contributed by atoms with Crippen LogP contribution in [0.3, 0.4) is 0 Å². The Bertz CT molecular complexity index is 1640. The molecule has 3 aromatic carbocycles. The van der Waals surface area contributed by atoms with Gasteiger partial charge in [-0.1, -0.05) is 42.5 Å². The van der Waals surface area contributed by atoms with Gasteiger partial charge in [-0.05, 0) is 29.7 Å². The molecule has 11 nitrogen and oxygen atoms in total. The van der Waals surface area contributed by atoms with E-state index in [9.17, 15) is 19.8 Å². The first-order valence-electron chi connectivity index (χ1n) is 13.1. The van der Waals surface area contributed by atoms with E-state index in [1.54, 1.807) is 24.3 Å². The predicted octanol–water partition coefficient (Wildman–Crippen LogP) is 4.11. The molecule has 42 heavy (non-hydrogen) atoms. The summed E-state index contributed by atoms with van der Waals surface area (Å²) in [4.78, 5) is 30.5. The zero-order valence-corrected chi connectivity index (χ0v) is 23.0. The molecule has 2 heterocycles. The van der Waals surface area contributed by atoms with Crippen LogP contribution in [-0.4, -0.2) is 53.2 Å². The van der Waals surface area contributed by atoms with E-state index < -0.39 is 35.1 Å². The number of fused-ring (bicyclic) bond motifs is 3. The molecule has 1 fully saturated rings. The van der Waals surface area contributed by atoms with Gasteiger partial charge in [-0.2, -0.15) is 0 Å². The third kappa shape index (κ3) is 3.81. The van der Waals surface area contributed by atoms with Crippen LogP contribution < -0.4 is 18.9 Å². The summed E-state index contributed by atoms with van der Waals surface area (Å²) in [5.41, 5.74) is -2.27. The van der Waals surface area contributed by atoms with E-state index in [1.165, 1.54) is 46.1 Å². The summed E-state index contributed by atoms with van der Waals surface area (Å²) in [5.74, 6) is -2.34. The van der Waals surface area contributed by atoms with E-state index in [-0.39, 0.29) is 35.0 Å². The molecule has 1 aliphatic heterocycles. The second-order valence-electron chi connectivity index (χ2n) is 10.1. The molecule has 0 amide bonds. The standard InChI is InChI=1S/C31H28N2O9/c1-38-20-11-9-19(10-12-20)31-24(18-7-5-4-6-8-18)21(28(35)41-29(36)33-14-13-32-17-33)16-30(31,37)25-22(42-31)15-23(39-2)26(34)27(25)40-3/h4-15,17,21,24,34,37H,16H2,1-3H3. The van der Waals surface area contributed by atoms with Gasteiger partial charge in [0.2, 0.25) is 5.75 Å². The maximum atomic E-state index is 13.9. The molecule has 2 aliphatic rings. The molecule has 4 aromatic rings. The fourth-order valence-electron chi connectivity index (χ4n) is 6.41. The van der Waals surface area contributed by atoms with Gasteiger partial charge in [0.25, 0.3) is 0 Å². The summed E-state index contributed by atoms with van der Waals surface area (Å²) < 4.78 is 29.5. The van der Waals surface area contributed by atoms with Crippen molar-refractivity contribution in [2.75, 3.05) is 21.3 Å². The number of carbonyl (C=O) groups excluding carboxylic acids is 2. The largest absolute Gasteiger partial charge is 0.502 e. The Kier molecular flexibility index (Phi) is 6.53. The Morgan fingerprint density at radius 1 is 1.02 bits per heavy atom. The van der Waals surface area contributed by atoms with Crippen LogP contribution in [0.15, 0.2) is 79.4 Å². The number of imidazole rings is 1. The van der Waals surface area contributed by atoms with Gasteiger partial charge >= 0.3 is 12.1 Å². The first-order valence-corrected chi connectivity index (χ1v) is 13.1. The summed E-state index contributed by atoms with van der Waals surface area (Å²) in [6.45, 7) is 0. The van der Waals surface area contributed by atoms with Gasteiger partial charge in [0.15, 0.2) is 17.1 Å². The molecular formula is C31H28N2O9. The summed E-state index contributed by atoms with van der Waals surface area (Å²) in [6, 6.07) is 17.5. The van der Waals surface area contributed by atoms with Crippen LogP contribution in [-0.2, 0) is 20.7 Å². The lowest BCUT2D eigenvalue weighted by Gasteiger charge is -2.40. The molecule has 6 rings (SSSR count). The van der Waals surface area contributed by atoms with Crippen LogP contribution in [0.4, 0.5) is 4.79 Å². The number of benzene rings is 3. The SMILES string of the molecule is COc1ccc(C23Oc4cc(OC)c(O)c(OC)c4C2(O)CC(C(=O)OC(=O)n2ccnc2)C3c2ccccc2)cc1. The Labute approximate surface area is 240 Å². The van der Waals surface area contributed by atoms with Crippen molar-refractivity contribution in [1.29, 1.82) is 0 Å². The van der Waals surface area contributed by atoms with Crippen LogP contribution in [0, 0.1) is 5.92 Å². The van der Waals surface area contributed by atoms with E-state index >= 15 is 0 Å². The summed E-state index contributed by atoms with van der Waals surface area (Å²) in [6.07, 6.45) is 2.80. The van der Waals surface area contributed by atoms with Crippen molar-refractivity contribution in [2.24, 2.45) is 5.92 Å². The molecule has 4 atom stereocenters. The quantitative estimate of drug-likeness (QED) is 0.256. The van der Waals surface area contributed by atoms with Gasteiger partial charge in [-0.15, -0.1) is 0 Å². The molecule has 4 unspecified atom stereocenters. The highest BCUT2D eigenvalue weighted by atomic mass is 16.6. The fraction of sp³-hybridized carbons (Fsp3) is 0.258. The molecule has 0 bridgehead atoms. The topological polar surface area (TPSA) is 139 Å². The van der Waals surface area contributed by atoms with Gasteiger partial charge in [0.05, 0.1) is 32.8 Å². The predicted molar refractivity (Wildman–Crippen MR) is 147 cm³/mol. The Hall–Kier alpha value is -5.03. The Morgan fingerprint density at radius 2 is 1.76 bits per heavy atom. The number of aromatic hydroxyl groups is 1. The first kappa shape index (κ1) is 27.2. The van der Waals surface area contributed by atoms with Crippen molar-refractivity contribution < 1.29 is 43.5 Å². The minimum Gasteiger partial charge on any atom is -0.502 e. The van der Waals surface area contributed by atoms with Gasteiger partial charge in [0, 0.05) is 24.4 Å². The molecule has 0 radical (unpaired) electrons. The number of carbonyl (C=O) groups is 2. The number of aliphatic hydroxyl groups is 1. The number of phenols is 1. The number of ether oxygens (including phenoxy) is 5. The number of hydrogen-bond donors (Lipinski definition) is 2. The van der Waals surface area contributed by atoms with Crippen LogP contribution >= 0.6 is 0 Å². The van der Waals surface area contributed by atoms with E-state index in [0.29, 0.717) is 16.9 Å². The number of hydrogen-bond acceptors (Lipinski definition) is 10. The minimum atomic E-state index is -1.95. The van der Waals surface area contributed by atoms with Crippen molar-refractivity contribution in [3.05, 3.63) is 96.1 Å². The lowest BCUT2D eigenvalue weighted by Crippen LogP contribution is -2.48. The summed E-state index contributed by atoms with van der Waals surface area (Å²) in [5, 5.41) is 23.9. The maximum Gasteiger partial charge on any atom is 0.427 e. The van der Waals surface area contributed by atoms with Crippen LogP contribution in [0.2, 0.25) is 0 Å². The second-order valence-corrected chi connectivity index (χ2v) is 10.1. The number of methoxy groups -OCH3 is 3. The number of phenolic OH excluding ortho intramolecular Hbond substituents is 1. The zero-order chi connectivity index (χ0) is 29.6. The third-order valence-corrected chi connectivity index (χ3v) is 8.15. The number of rotatable bonds is 6. The highest BCUT2D eigenvalue weighted by Crippen LogP contribution is 2.71. The van der Waals surface area contributed by atoms with Gasteiger partial charge < -0.3 is 33.9 Å². The Balaban J connectivity index is 1.60. The minimum absolute atomic E-state index is 0.0578. The van der Waals surface area contributed by atoms with E-state index in [0.717, 1.165) is 4.57 Å². The van der Waals surface area contributed by atoms with E-state index in [4.69, 9.17) is 23.7 Å². The molecule has 1 aromatic heterocycles. The summed E-state index contributed by atoms with van der Waals surface area (Å²) in [7, 11) is 4.28. The Morgan fingerprint density at radius 3 is 2.38 bits per heavy atom. The lowest BCUT2D eigenvalue weighted by atomic mass is 9.70. The molecule has 216 valence electrons. The highest BCUT2D eigenvalue weighted by Gasteiger charge is 2.74. The average molecular weight is 573 g/mol. The monoisotopic (exact) mass is 572 g/mol. The number of esters is 1. The van der Waals surface area contributed by atoms with Crippen LogP contribution in [0.25, 0.3) is 0 Å². The van der Waals surface area contributed by atoms with E-state index in [2.05, 4.69) is 4.98 Å². The second kappa shape index (κ2) is 10.1. The van der Waals surface area contributed by atoms with Crippen molar-refractivity contribution in [3.8, 4) is 28.7 Å². The van der Waals surface area contributed by atoms with Gasteiger partial charge in [-0.3, -0.25) is 4.79 Å². The lowest BCUT2D eigenvalue weighted by molar-refractivity contribution is -0.143. The molecule has 1 saturated carbocycles. The van der Waals surface area contributed by atoms with Crippen molar-refractivity contribution >= 4 is 12.1 Å². The molecule has 0 saturated heterocycles. The molecule has 11 heteroatoms. The van der Waals surface area contributed by atoms with Gasteiger partial charge in [-0.25, -0.2) is 14.3 Å².